The highest BCUT2D eigenvalue weighted by atomic mass is 16.4. The van der Waals surface area contributed by atoms with E-state index in [0.29, 0.717) is 0 Å². The molecule has 2 atom stereocenters. The van der Waals surface area contributed by atoms with Crippen molar-refractivity contribution in [2.75, 3.05) is 0 Å². The fraction of sp³-hybridized carbons (Fsp3) is 0.875. The predicted octanol–water partition coefficient (Wildman–Crippen LogP) is -1.07. The van der Waals surface area contributed by atoms with Gasteiger partial charge in [-0.05, 0) is 19.8 Å². The van der Waals surface area contributed by atoms with Gasteiger partial charge in [0.05, 0.1) is 17.4 Å². The molecule has 3 N–H and O–H groups in total. The first-order valence-electron chi connectivity index (χ1n) is 4.10. The van der Waals surface area contributed by atoms with E-state index in [9.17, 15) is 9.90 Å². The van der Waals surface area contributed by atoms with Crippen LogP contribution in [0, 0.1) is 5.92 Å². The summed E-state index contributed by atoms with van der Waals surface area (Å²) in [4.78, 5) is 10.6. The van der Waals surface area contributed by atoms with Crippen molar-refractivity contribution in [3.05, 3.63) is 0 Å². The van der Waals surface area contributed by atoms with Gasteiger partial charge in [0.2, 0.25) is 0 Å². The lowest BCUT2D eigenvalue weighted by atomic mass is 9.75. The summed E-state index contributed by atoms with van der Waals surface area (Å²) in [6, 6.07) is 0. The monoisotopic (exact) mass is 157 g/mol. The number of hydrogen-bond acceptors (Lipinski definition) is 2. The Hall–Kier alpha value is -0.570. The smallest absolute Gasteiger partial charge is 0.0998 e. The Bertz CT molecular complexity index is 165. The summed E-state index contributed by atoms with van der Waals surface area (Å²) in [5.41, 5.74) is 3.62. The number of aliphatic carboxylic acids is 1. The van der Waals surface area contributed by atoms with Gasteiger partial charge in [0.15, 0.2) is 0 Å². The van der Waals surface area contributed by atoms with Crippen LogP contribution < -0.4 is 10.8 Å². The normalized spacial score (nSPS) is 38.5. The third-order valence-corrected chi connectivity index (χ3v) is 2.62. The molecule has 0 spiro atoms. The number of hydrogen-bond donors (Lipinski definition) is 1. The van der Waals surface area contributed by atoms with Gasteiger partial charge in [0.1, 0.15) is 0 Å². The molecule has 1 aliphatic rings. The Balaban J connectivity index is 2.67. The SMILES string of the molecule is C[C@@]1([NH3+])CCCC[C@@H]1C(=O)[O-]. The maximum atomic E-state index is 10.6. The number of quaternary nitrogens is 1. The summed E-state index contributed by atoms with van der Waals surface area (Å²) < 4.78 is 0. The average molecular weight is 157 g/mol. The highest BCUT2D eigenvalue weighted by Gasteiger charge is 2.37. The van der Waals surface area contributed by atoms with Crippen molar-refractivity contribution in [3.8, 4) is 0 Å². The minimum absolute atomic E-state index is 0.295. The van der Waals surface area contributed by atoms with Gasteiger partial charge in [-0.1, -0.05) is 6.42 Å². The topological polar surface area (TPSA) is 67.8 Å². The number of carbonyl (C=O) groups excluding carboxylic acids is 1. The van der Waals surface area contributed by atoms with Gasteiger partial charge in [-0.25, -0.2) is 0 Å². The van der Waals surface area contributed by atoms with E-state index < -0.39 is 5.97 Å². The van der Waals surface area contributed by atoms with Crippen LogP contribution in [0.2, 0.25) is 0 Å². The molecule has 0 unspecified atom stereocenters. The molecule has 1 aliphatic carbocycles. The summed E-state index contributed by atoms with van der Waals surface area (Å²) in [5, 5.41) is 10.6. The van der Waals surface area contributed by atoms with Crippen molar-refractivity contribution >= 4 is 5.97 Å². The van der Waals surface area contributed by atoms with Crippen LogP contribution in [0.4, 0.5) is 0 Å². The van der Waals surface area contributed by atoms with E-state index in [1.54, 1.807) is 0 Å². The van der Waals surface area contributed by atoms with Crippen LogP contribution in [0.5, 0.6) is 0 Å². The Labute approximate surface area is 66.6 Å². The van der Waals surface area contributed by atoms with E-state index >= 15 is 0 Å². The molecule has 1 rings (SSSR count). The van der Waals surface area contributed by atoms with Gasteiger partial charge >= 0.3 is 0 Å². The average Bonchev–Trinajstić information content (AvgIpc) is 1.85. The van der Waals surface area contributed by atoms with Crippen molar-refractivity contribution in [1.82, 2.24) is 0 Å². The summed E-state index contributed by atoms with van der Waals surface area (Å²) in [7, 11) is 0. The third kappa shape index (κ3) is 1.71. The quantitative estimate of drug-likeness (QED) is 0.526. The molecule has 1 fully saturated rings. The van der Waals surface area contributed by atoms with Gasteiger partial charge in [-0.2, -0.15) is 0 Å². The van der Waals surface area contributed by atoms with E-state index in [0.717, 1.165) is 25.7 Å². The van der Waals surface area contributed by atoms with Crippen LogP contribution in [-0.2, 0) is 4.79 Å². The molecule has 0 aromatic heterocycles. The van der Waals surface area contributed by atoms with Crippen molar-refractivity contribution in [3.63, 3.8) is 0 Å². The molecule has 3 nitrogen and oxygen atoms in total. The molecule has 0 bridgehead atoms. The zero-order valence-corrected chi connectivity index (χ0v) is 6.93. The Morgan fingerprint density at radius 3 is 2.64 bits per heavy atom. The summed E-state index contributed by atoms with van der Waals surface area (Å²) in [6.07, 6.45) is 3.75. The van der Waals surface area contributed by atoms with Crippen LogP contribution in [0.3, 0.4) is 0 Å². The first-order valence-corrected chi connectivity index (χ1v) is 4.10. The molecule has 0 aliphatic heterocycles. The van der Waals surface area contributed by atoms with Crippen LogP contribution in [0.15, 0.2) is 0 Å². The predicted molar refractivity (Wildman–Crippen MR) is 38.3 cm³/mol. The largest absolute Gasteiger partial charge is 0.550 e. The lowest BCUT2D eigenvalue weighted by Crippen LogP contribution is -2.77. The molecular weight excluding hydrogens is 142 g/mol. The van der Waals surface area contributed by atoms with Gasteiger partial charge in [-0.3, -0.25) is 0 Å². The zero-order chi connectivity index (χ0) is 8.48. The van der Waals surface area contributed by atoms with Crippen LogP contribution in [0.25, 0.3) is 0 Å². The molecule has 0 heterocycles. The molecule has 3 heteroatoms. The maximum absolute atomic E-state index is 10.6. The van der Waals surface area contributed by atoms with E-state index in [1.807, 2.05) is 6.92 Å². The highest BCUT2D eigenvalue weighted by molar-refractivity contribution is 5.69. The molecule has 0 aromatic carbocycles. The van der Waals surface area contributed by atoms with Crippen LogP contribution in [0.1, 0.15) is 32.6 Å². The van der Waals surface area contributed by atoms with E-state index in [1.165, 1.54) is 0 Å². The Kier molecular flexibility index (Phi) is 2.18. The fourth-order valence-corrected chi connectivity index (χ4v) is 1.80. The van der Waals surface area contributed by atoms with E-state index in [4.69, 9.17) is 0 Å². The molecular formula is C8H15NO2. The first-order chi connectivity index (χ1) is 5.04. The van der Waals surface area contributed by atoms with E-state index in [-0.39, 0.29) is 11.5 Å². The molecule has 0 saturated heterocycles. The second kappa shape index (κ2) is 2.81. The molecule has 11 heavy (non-hydrogen) atoms. The van der Waals surface area contributed by atoms with Crippen molar-refractivity contribution in [2.45, 2.75) is 38.1 Å². The fourth-order valence-electron chi connectivity index (χ4n) is 1.80. The van der Waals surface area contributed by atoms with Gasteiger partial charge in [-0.15, -0.1) is 0 Å². The molecule has 0 aromatic rings. The summed E-state index contributed by atoms with van der Waals surface area (Å²) in [5.74, 6) is -1.27. The zero-order valence-electron chi connectivity index (χ0n) is 6.93. The number of carbonyl (C=O) groups is 1. The molecule has 1 saturated carbocycles. The second-order valence-electron chi connectivity index (χ2n) is 3.77. The minimum atomic E-state index is -0.929. The van der Waals surface area contributed by atoms with Crippen LogP contribution in [-0.4, -0.2) is 11.5 Å². The van der Waals surface area contributed by atoms with E-state index in [2.05, 4.69) is 5.73 Å². The second-order valence-corrected chi connectivity index (χ2v) is 3.77. The lowest BCUT2D eigenvalue weighted by Gasteiger charge is -2.35. The van der Waals surface area contributed by atoms with Crippen molar-refractivity contribution < 1.29 is 15.6 Å². The Morgan fingerprint density at radius 1 is 1.64 bits per heavy atom. The van der Waals surface area contributed by atoms with Gasteiger partial charge in [0.25, 0.3) is 0 Å². The lowest BCUT2D eigenvalue weighted by molar-refractivity contribution is -0.493. The molecule has 0 radical (unpaired) electrons. The number of carboxylic acid groups (broad SMARTS) is 1. The number of carboxylic acids is 1. The molecule has 64 valence electrons. The highest BCUT2D eigenvalue weighted by Crippen LogP contribution is 2.29. The minimum Gasteiger partial charge on any atom is -0.550 e. The van der Waals surface area contributed by atoms with Crippen molar-refractivity contribution in [2.24, 2.45) is 5.92 Å². The number of rotatable bonds is 1. The molecule has 0 amide bonds. The first kappa shape index (κ1) is 8.53. The third-order valence-electron chi connectivity index (χ3n) is 2.62. The standard InChI is InChI=1S/C8H15NO2/c1-8(9)5-3-2-4-6(8)7(10)11/h6H,2-5,9H2,1H3,(H,10,11)/t6-,8-/m1/s1. The summed E-state index contributed by atoms with van der Waals surface area (Å²) in [6.45, 7) is 1.91. The Morgan fingerprint density at radius 2 is 2.27 bits per heavy atom. The van der Waals surface area contributed by atoms with Gasteiger partial charge in [0, 0.05) is 6.42 Å². The van der Waals surface area contributed by atoms with Gasteiger partial charge < -0.3 is 15.6 Å². The van der Waals surface area contributed by atoms with Crippen LogP contribution >= 0.6 is 0 Å². The van der Waals surface area contributed by atoms with Crippen molar-refractivity contribution in [1.29, 1.82) is 0 Å². The maximum Gasteiger partial charge on any atom is 0.0998 e. The summed E-state index contributed by atoms with van der Waals surface area (Å²) >= 11 is 0.